The van der Waals surface area contributed by atoms with Crippen LogP contribution in [0.4, 0.5) is 5.69 Å². The van der Waals surface area contributed by atoms with E-state index >= 15 is 0 Å². The lowest BCUT2D eigenvalue weighted by molar-refractivity contribution is -0.117. The first kappa shape index (κ1) is 18.8. The van der Waals surface area contributed by atoms with E-state index in [2.05, 4.69) is 41.0 Å². The average Bonchev–Trinajstić information content (AvgIpc) is 2.67. The smallest absolute Gasteiger partial charge is 0.241 e. The Kier molecular flexibility index (Phi) is 5.67. The zero-order valence-electron chi connectivity index (χ0n) is 15.8. The summed E-state index contributed by atoms with van der Waals surface area (Å²) >= 11 is 0. The maximum Gasteiger partial charge on any atom is 0.241 e. The topological polar surface area (TPSA) is 58.2 Å². The number of fused-ring (bicyclic) bond motifs is 1. The van der Waals surface area contributed by atoms with Crippen LogP contribution in [0, 0.1) is 0 Å². The molecule has 3 aromatic carbocycles. The van der Waals surface area contributed by atoms with Crippen molar-refractivity contribution in [1.82, 2.24) is 5.32 Å². The molecule has 0 saturated heterocycles. The second kappa shape index (κ2) is 8.14. The van der Waals surface area contributed by atoms with Gasteiger partial charge >= 0.3 is 0 Å². The highest BCUT2D eigenvalue weighted by atomic mass is 16.2. The van der Waals surface area contributed by atoms with Gasteiger partial charge in [0.15, 0.2) is 5.78 Å². The summed E-state index contributed by atoms with van der Waals surface area (Å²) < 4.78 is 0. The fraction of sp³-hybridized carbons (Fsp3) is 0.217. The lowest BCUT2D eigenvalue weighted by atomic mass is 10.0. The summed E-state index contributed by atoms with van der Waals surface area (Å²) in [4.78, 5) is 24.0. The predicted molar refractivity (Wildman–Crippen MR) is 110 cm³/mol. The molecule has 2 N–H and O–H groups in total. The number of hydrogen-bond acceptors (Lipinski definition) is 3. The number of rotatable bonds is 6. The van der Waals surface area contributed by atoms with Crippen LogP contribution < -0.4 is 10.6 Å². The van der Waals surface area contributed by atoms with Gasteiger partial charge in [0.2, 0.25) is 5.91 Å². The van der Waals surface area contributed by atoms with Crippen molar-refractivity contribution >= 4 is 28.2 Å². The second-order valence-corrected chi connectivity index (χ2v) is 6.84. The fourth-order valence-electron chi connectivity index (χ4n) is 3.09. The molecule has 0 saturated carbocycles. The van der Waals surface area contributed by atoms with Crippen LogP contribution in [-0.2, 0) is 4.79 Å². The van der Waals surface area contributed by atoms with Crippen LogP contribution in [0.3, 0.4) is 0 Å². The van der Waals surface area contributed by atoms with E-state index in [1.807, 2.05) is 26.0 Å². The van der Waals surface area contributed by atoms with Gasteiger partial charge in [-0.05, 0) is 55.3 Å². The first-order chi connectivity index (χ1) is 12.9. The Morgan fingerprint density at radius 2 is 1.59 bits per heavy atom. The molecule has 0 aromatic heterocycles. The quantitative estimate of drug-likeness (QED) is 0.625. The number of anilines is 1. The van der Waals surface area contributed by atoms with E-state index in [1.165, 1.54) is 17.7 Å². The first-order valence-corrected chi connectivity index (χ1v) is 9.10. The molecule has 4 heteroatoms. The van der Waals surface area contributed by atoms with Crippen molar-refractivity contribution in [3.05, 3.63) is 77.9 Å². The molecule has 4 nitrogen and oxygen atoms in total. The van der Waals surface area contributed by atoms with Crippen molar-refractivity contribution in [1.29, 1.82) is 0 Å². The van der Waals surface area contributed by atoms with Gasteiger partial charge in [0.05, 0.1) is 6.04 Å². The van der Waals surface area contributed by atoms with Crippen LogP contribution >= 0.6 is 0 Å². The van der Waals surface area contributed by atoms with Crippen molar-refractivity contribution in [2.45, 2.75) is 32.9 Å². The van der Waals surface area contributed by atoms with Crippen LogP contribution in [0.1, 0.15) is 42.7 Å². The van der Waals surface area contributed by atoms with E-state index in [-0.39, 0.29) is 23.8 Å². The normalized spacial score (nSPS) is 13.1. The Hall–Kier alpha value is -2.98. The van der Waals surface area contributed by atoms with Gasteiger partial charge in [-0.2, -0.15) is 0 Å². The molecule has 0 aliphatic heterocycles. The second-order valence-electron chi connectivity index (χ2n) is 6.84. The predicted octanol–water partition coefficient (Wildman–Crippen LogP) is 4.72. The highest BCUT2D eigenvalue weighted by Gasteiger charge is 2.17. The van der Waals surface area contributed by atoms with Crippen molar-refractivity contribution in [3.8, 4) is 0 Å². The molecule has 1 amide bonds. The third-order valence-corrected chi connectivity index (χ3v) is 4.70. The zero-order chi connectivity index (χ0) is 19.4. The fourth-order valence-corrected chi connectivity index (χ4v) is 3.09. The molecule has 0 fully saturated rings. The highest BCUT2D eigenvalue weighted by Crippen LogP contribution is 2.21. The Balaban J connectivity index is 1.66. The SMILES string of the molecule is CC(=O)c1cccc(NC(=O)[C@@H](C)N[C@@H](C)c2ccc3ccccc3c2)c1. The third-order valence-electron chi connectivity index (χ3n) is 4.70. The van der Waals surface area contributed by atoms with Gasteiger partial charge in [-0.25, -0.2) is 0 Å². The van der Waals surface area contributed by atoms with Crippen LogP contribution in [0.15, 0.2) is 66.7 Å². The summed E-state index contributed by atoms with van der Waals surface area (Å²) in [6.45, 7) is 5.39. The molecule has 0 aliphatic rings. The summed E-state index contributed by atoms with van der Waals surface area (Å²) in [6, 6.07) is 21.2. The highest BCUT2D eigenvalue weighted by molar-refractivity contribution is 5.98. The molecule has 0 aliphatic carbocycles. The minimum atomic E-state index is -0.382. The number of Topliss-reactive ketones (excluding diaryl/α,β-unsaturated/α-hetero) is 1. The van der Waals surface area contributed by atoms with E-state index in [0.29, 0.717) is 11.3 Å². The van der Waals surface area contributed by atoms with Crippen LogP contribution in [0.2, 0.25) is 0 Å². The number of carbonyl (C=O) groups is 2. The van der Waals surface area contributed by atoms with Gasteiger partial charge in [-0.3, -0.25) is 14.9 Å². The number of carbonyl (C=O) groups excluding carboxylic acids is 2. The van der Waals surface area contributed by atoms with Gasteiger partial charge in [-0.1, -0.05) is 48.5 Å². The van der Waals surface area contributed by atoms with Crippen molar-refractivity contribution in [2.75, 3.05) is 5.32 Å². The average molecular weight is 360 g/mol. The van der Waals surface area contributed by atoms with Gasteiger partial charge in [0, 0.05) is 17.3 Å². The van der Waals surface area contributed by atoms with Crippen LogP contribution in [0.25, 0.3) is 10.8 Å². The Morgan fingerprint density at radius 1 is 0.852 bits per heavy atom. The lowest BCUT2D eigenvalue weighted by Gasteiger charge is -2.20. The van der Waals surface area contributed by atoms with E-state index in [4.69, 9.17) is 0 Å². The van der Waals surface area contributed by atoms with Gasteiger partial charge < -0.3 is 5.32 Å². The number of ketones is 1. The van der Waals surface area contributed by atoms with Crippen LogP contribution in [-0.4, -0.2) is 17.7 Å². The molecule has 3 rings (SSSR count). The zero-order valence-corrected chi connectivity index (χ0v) is 15.8. The largest absolute Gasteiger partial charge is 0.325 e. The van der Waals surface area contributed by atoms with Crippen molar-refractivity contribution in [3.63, 3.8) is 0 Å². The molecule has 0 bridgehead atoms. The monoisotopic (exact) mass is 360 g/mol. The first-order valence-electron chi connectivity index (χ1n) is 9.10. The maximum atomic E-state index is 12.5. The maximum absolute atomic E-state index is 12.5. The summed E-state index contributed by atoms with van der Waals surface area (Å²) in [5.74, 6) is -0.162. The molecule has 0 radical (unpaired) electrons. The molecule has 3 aromatic rings. The number of nitrogens with one attached hydrogen (secondary N) is 2. The molecule has 0 unspecified atom stereocenters. The van der Waals surface area contributed by atoms with E-state index in [1.54, 1.807) is 24.3 Å². The Bertz CT molecular complexity index is 981. The minimum Gasteiger partial charge on any atom is -0.325 e. The van der Waals surface area contributed by atoms with Crippen molar-refractivity contribution in [2.24, 2.45) is 0 Å². The summed E-state index contributed by atoms with van der Waals surface area (Å²) in [7, 11) is 0. The van der Waals surface area contributed by atoms with E-state index in [9.17, 15) is 9.59 Å². The van der Waals surface area contributed by atoms with Gasteiger partial charge in [-0.15, -0.1) is 0 Å². The van der Waals surface area contributed by atoms with Gasteiger partial charge in [0.1, 0.15) is 0 Å². The Labute approximate surface area is 159 Å². The number of benzene rings is 3. The number of amides is 1. The van der Waals surface area contributed by atoms with Crippen molar-refractivity contribution < 1.29 is 9.59 Å². The van der Waals surface area contributed by atoms with E-state index in [0.717, 1.165) is 5.56 Å². The molecule has 0 heterocycles. The summed E-state index contributed by atoms with van der Waals surface area (Å²) in [6.07, 6.45) is 0. The third kappa shape index (κ3) is 4.60. The lowest BCUT2D eigenvalue weighted by Crippen LogP contribution is -2.39. The Morgan fingerprint density at radius 3 is 2.33 bits per heavy atom. The van der Waals surface area contributed by atoms with Gasteiger partial charge in [0.25, 0.3) is 0 Å². The van der Waals surface area contributed by atoms with Crippen LogP contribution in [0.5, 0.6) is 0 Å². The molecule has 0 spiro atoms. The minimum absolute atomic E-state index is 0.0257. The molecule has 138 valence electrons. The summed E-state index contributed by atoms with van der Waals surface area (Å²) in [5.41, 5.74) is 2.34. The summed E-state index contributed by atoms with van der Waals surface area (Å²) in [5, 5.41) is 8.59. The van der Waals surface area contributed by atoms with E-state index < -0.39 is 0 Å². The molecular formula is C23H24N2O2. The molecular weight excluding hydrogens is 336 g/mol. The molecule has 27 heavy (non-hydrogen) atoms. The number of hydrogen-bond donors (Lipinski definition) is 2. The molecule has 2 atom stereocenters. The standard InChI is InChI=1S/C23H24N2O2/c1-15(19-12-11-18-7-4-5-8-21(18)13-19)24-16(2)23(27)25-22-10-6-9-20(14-22)17(3)26/h4-16,24H,1-3H3,(H,25,27)/t15-,16+/m0/s1.